The summed E-state index contributed by atoms with van der Waals surface area (Å²) in [4.78, 5) is 0. The minimum Gasteiger partial charge on any atom is -0.371 e. The van der Waals surface area contributed by atoms with Gasteiger partial charge >= 0.3 is 11.4 Å². The fourth-order valence-corrected chi connectivity index (χ4v) is 2.48. The summed E-state index contributed by atoms with van der Waals surface area (Å²) >= 11 is -1.59. The van der Waals surface area contributed by atoms with Crippen LogP contribution in [0, 0.1) is 17.8 Å². The summed E-state index contributed by atoms with van der Waals surface area (Å²) in [7, 11) is 0. The van der Waals surface area contributed by atoms with Crippen molar-refractivity contribution < 1.29 is 17.3 Å². The normalized spacial score (nSPS) is 32.9. The largest absolute Gasteiger partial charge is 0.371 e. The maximum absolute atomic E-state index is 11.0. The van der Waals surface area contributed by atoms with E-state index in [1.807, 2.05) is 13.8 Å². The van der Waals surface area contributed by atoms with Gasteiger partial charge in [-0.1, -0.05) is 5.92 Å². The molecule has 5 heteroatoms. The van der Waals surface area contributed by atoms with Crippen LogP contribution in [0.5, 0.6) is 0 Å². The maximum atomic E-state index is 11.0. The first-order chi connectivity index (χ1) is 7.66. The Hall–Kier alpha value is -0.410. The average Bonchev–Trinajstić information content (AvgIpc) is 2.93. The Morgan fingerprint density at radius 1 is 1.62 bits per heavy atom. The average molecular weight is 244 g/mol. The van der Waals surface area contributed by atoms with Gasteiger partial charge in [-0.3, -0.25) is 8.37 Å². The molecule has 0 radical (unpaired) electrons. The van der Waals surface area contributed by atoms with Crippen LogP contribution in [-0.2, 0) is 24.5 Å². The molecule has 0 bridgehead atoms. The van der Waals surface area contributed by atoms with Gasteiger partial charge in [-0.15, -0.1) is 5.92 Å². The van der Waals surface area contributed by atoms with Gasteiger partial charge in [-0.2, -0.15) is 4.21 Å². The lowest BCUT2D eigenvalue weighted by molar-refractivity contribution is -0.0437. The lowest BCUT2D eigenvalue weighted by Gasteiger charge is -2.21. The van der Waals surface area contributed by atoms with E-state index >= 15 is 0 Å². The molecule has 1 saturated carbocycles. The third-order valence-electron chi connectivity index (χ3n) is 2.85. The highest BCUT2D eigenvalue weighted by atomic mass is 32.2. The molecule has 0 aromatic heterocycles. The van der Waals surface area contributed by atoms with Gasteiger partial charge in [0.1, 0.15) is 6.10 Å². The molecule has 0 spiro atoms. The van der Waals surface area contributed by atoms with Gasteiger partial charge < -0.3 is 4.74 Å². The van der Waals surface area contributed by atoms with Gasteiger partial charge in [0.2, 0.25) is 0 Å². The molecule has 0 amide bonds. The third-order valence-corrected chi connectivity index (χ3v) is 3.57. The van der Waals surface area contributed by atoms with E-state index in [1.54, 1.807) is 0 Å². The zero-order valence-electron chi connectivity index (χ0n) is 9.52. The first kappa shape index (κ1) is 12.1. The molecule has 1 saturated heterocycles. The molecule has 0 N–H and O–H groups in total. The third kappa shape index (κ3) is 2.64. The van der Waals surface area contributed by atoms with E-state index < -0.39 is 11.4 Å². The van der Waals surface area contributed by atoms with Crippen molar-refractivity contribution in [1.82, 2.24) is 0 Å². The zero-order valence-corrected chi connectivity index (χ0v) is 10.3. The van der Waals surface area contributed by atoms with Crippen molar-refractivity contribution in [2.75, 3.05) is 13.2 Å². The highest BCUT2D eigenvalue weighted by molar-refractivity contribution is 7.75. The summed E-state index contributed by atoms with van der Waals surface area (Å²) < 4.78 is 26.9. The lowest BCUT2D eigenvalue weighted by atomic mass is 10.1. The van der Waals surface area contributed by atoms with Crippen molar-refractivity contribution in [3.8, 4) is 11.8 Å². The fourth-order valence-electron chi connectivity index (χ4n) is 1.77. The first-order valence-corrected chi connectivity index (χ1v) is 6.45. The van der Waals surface area contributed by atoms with E-state index in [9.17, 15) is 4.21 Å². The van der Waals surface area contributed by atoms with Gasteiger partial charge in [0, 0.05) is 5.92 Å². The SMILES string of the molecule is CC#CC(C)COC1(C2COS(=O)O2)CC1. The quantitative estimate of drug-likeness (QED) is 0.697. The minimum atomic E-state index is -1.59. The molecule has 16 heavy (non-hydrogen) atoms. The molecule has 1 aliphatic carbocycles. The Labute approximate surface area is 98.5 Å². The predicted molar refractivity (Wildman–Crippen MR) is 59.5 cm³/mol. The molecule has 3 atom stereocenters. The van der Waals surface area contributed by atoms with Gasteiger partial charge in [0.25, 0.3) is 0 Å². The smallest absolute Gasteiger partial charge is 0.305 e. The summed E-state index contributed by atoms with van der Waals surface area (Å²) in [6, 6.07) is 0. The van der Waals surface area contributed by atoms with E-state index in [2.05, 4.69) is 11.8 Å². The van der Waals surface area contributed by atoms with Crippen LogP contribution in [0.3, 0.4) is 0 Å². The Kier molecular flexibility index (Phi) is 3.65. The van der Waals surface area contributed by atoms with E-state index in [4.69, 9.17) is 13.1 Å². The second-order valence-electron chi connectivity index (χ2n) is 4.24. The number of ether oxygens (including phenoxy) is 1. The van der Waals surface area contributed by atoms with Crippen LogP contribution in [0.4, 0.5) is 0 Å². The molecule has 2 fully saturated rings. The molecule has 1 aliphatic heterocycles. The summed E-state index contributed by atoms with van der Waals surface area (Å²) in [6.45, 7) is 4.80. The topological polar surface area (TPSA) is 44.8 Å². The zero-order chi connectivity index (χ0) is 11.6. The predicted octanol–water partition coefficient (Wildman–Crippen LogP) is 1.19. The molecule has 0 aromatic rings. The molecular weight excluding hydrogens is 228 g/mol. The molecule has 2 aliphatic rings. The van der Waals surface area contributed by atoms with Crippen LogP contribution >= 0.6 is 0 Å². The van der Waals surface area contributed by atoms with Crippen LogP contribution < -0.4 is 0 Å². The van der Waals surface area contributed by atoms with Crippen molar-refractivity contribution in [3.63, 3.8) is 0 Å². The number of hydrogen-bond donors (Lipinski definition) is 0. The minimum absolute atomic E-state index is 0.185. The molecule has 2 rings (SSSR count). The van der Waals surface area contributed by atoms with Crippen molar-refractivity contribution in [1.29, 1.82) is 0 Å². The van der Waals surface area contributed by atoms with Crippen LogP contribution in [0.2, 0.25) is 0 Å². The maximum Gasteiger partial charge on any atom is 0.305 e. The van der Waals surface area contributed by atoms with Crippen molar-refractivity contribution >= 4 is 11.4 Å². The molecule has 90 valence electrons. The van der Waals surface area contributed by atoms with Crippen molar-refractivity contribution in [2.24, 2.45) is 5.92 Å². The van der Waals surface area contributed by atoms with E-state index in [-0.39, 0.29) is 17.6 Å². The molecule has 1 heterocycles. The summed E-state index contributed by atoms with van der Waals surface area (Å²) in [6.07, 6.45) is 1.71. The van der Waals surface area contributed by atoms with Gasteiger partial charge in [0.15, 0.2) is 0 Å². The molecule has 4 nitrogen and oxygen atoms in total. The van der Waals surface area contributed by atoms with E-state index in [1.165, 1.54) is 0 Å². The number of rotatable bonds is 4. The fraction of sp³-hybridized carbons (Fsp3) is 0.818. The summed E-state index contributed by atoms with van der Waals surface area (Å²) in [5.41, 5.74) is -0.268. The van der Waals surface area contributed by atoms with Crippen molar-refractivity contribution in [3.05, 3.63) is 0 Å². The Morgan fingerprint density at radius 3 is 2.88 bits per heavy atom. The summed E-state index contributed by atoms with van der Waals surface area (Å²) in [5.74, 6) is 6.12. The highest BCUT2D eigenvalue weighted by Gasteiger charge is 2.55. The van der Waals surface area contributed by atoms with E-state index in [0.717, 1.165) is 12.8 Å². The monoisotopic (exact) mass is 244 g/mol. The van der Waals surface area contributed by atoms with Crippen LogP contribution in [-0.4, -0.2) is 29.1 Å². The first-order valence-electron chi connectivity index (χ1n) is 5.45. The van der Waals surface area contributed by atoms with Gasteiger partial charge in [0.05, 0.1) is 18.8 Å². The van der Waals surface area contributed by atoms with Crippen LogP contribution in [0.25, 0.3) is 0 Å². The lowest BCUT2D eigenvalue weighted by Crippen LogP contribution is -2.34. The Bertz CT molecular complexity index is 340. The second kappa shape index (κ2) is 4.84. The van der Waals surface area contributed by atoms with Crippen LogP contribution in [0.1, 0.15) is 26.7 Å². The summed E-state index contributed by atoms with van der Waals surface area (Å²) in [5, 5.41) is 0. The molecule has 3 unspecified atom stereocenters. The Balaban J connectivity index is 1.84. The molecule has 0 aromatic carbocycles. The standard InChI is InChI=1S/C11H16O4S/c1-3-4-9(2)7-13-11(5-6-11)10-8-14-16(12)15-10/h9-10H,5-8H2,1-2H3. The van der Waals surface area contributed by atoms with Gasteiger partial charge in [-0.05, 0) is 26.7 Å². The van der Waals surface area contributed by atoms with Crippen molar-refractivity contribution in [2.45, 2.75) is 38.4 Å². The second-order valence-corrected chi connectivity index (χ2v) is 5.08. The van der Waals surface area contributed by atoms with E-state index in [0.29, 0.717) is 13.2 Å². The Morgan fingerprint density at radius 2 is 2.38 bits per heavy atom. The molecular formula is C11H16O4S. The number of hydrogen-bond acceptors (Lipinski definition) is 4. The van der Waals surface area contributed by atoms with Gasteiger partial charge in [-0.25, -0.2) is 0 Å². The highest BCUT2D eigenvalue weighted by Crippen LogP contribution is 2.46. The van der Waals surface area contributed by atoms with Crippen LogP contribution in [0.15, 0.2) is 0 Å².